The van der Waals surface area contributed by atoms with Crippen LogP contribution in [0.25, 0.3) is 0 Å². The topological polar surface area (TPSA) is 91.3 Å². The van der Waals surface area contributed by atoms with E-state index < -0.39 is 4.92 Å². The average Bonchev–Trinajstić information content (AvgIpc) is 2.34. The maximum atomic E-state index is 10.7. The zero-order valence-corrected chi connectivity index (χ0v) is 10.6. The number of hydrogen-bond donors (Lipinski definition) is 1. The highest BCUT2D eigenvalue weighted by atomic mass is 16.6. The minimum absolute atomic E-state index is 0.0533. The van der Waals surface area contributed by atoms with Gasteiger partial charge in [-0.1, -0.05) is 0 Å². The van der Waals surface area contributed by atoms with Crippen molar-refractivity contribution in [3.05, 3.63) is 51.7 Å². The van der Waals surface area contributed by atoms with Crippen LogP contribution in [0, 0.1) is 24.0 Å². The van der Waals surface area contributed by atoms with Crippen LogP contribution in [-0.4, -0.2) is 9.91 Å². The third kappa shape index (κ3) is 2.62. The third-order valence-corrected chi connectivity index (χ3v) is 2.75. The minimum atomic E-state index is -0.432. The molecular formula is C13H13N3O3. The monoisotopic (exact) mass is 259 g/mol. The number of nitrogens with two attached hydrogens (primary N) is 1. The van der Waals surface area contributed by atoms with Gasteiger partial charge in [-0.25, -0.2) is 4.98 Å². The van der Waals surface area contributed by atoms with Crippen molar-refractivity contribution >= 4 is 11.4 Å². The molecule has 0 spiro atoms. The van der Waals surface area contributed by atoms with Crippen molar-refractivity contribution in [1.82, 2.24) is 4.98 Å². The summed E-state index contributed by atoms with van der Waals surface area (Å²) in [6.45, 7) is 3.50. The maximum absolute atomic E-state index is 10.7. The number of nitro groups is 1. The van der Waals surface area contributed by atoms with Crippen LogP contribution >= 0.6 is 0 Å². The van der Waals surface area contributed by atoms with Crippen molar-refractivity contribution in [2.75, 3.05) is 5.73 Å². The summed E-state index contributed by atoms with van der Waals surface area (Å²) in [5.41, 5.74) is 7.75. The zero-order valence-electron chi connectivity index (χ0n) is 10.6. The van der Waals surface area contributed by atoms with Crippen LogP contribution < -0.4 is 10.5 Å². The Kier molecular flexibility index (Phi) is 3.33. The van der Waals surface area contributed by atoms with Gasteiger partial charge in [0.05, 0.1) is 10.6 Å². The fraction of sp³-hybridized carbons (Fsp3) is 0.154. The number of pyridine rings is 1. The molecule has 0 unspecified atom stereocenters. The Morgan fingerprint density at radius 2 is 2.00 bits per heavy atom. The molecule has 0 aliphatic rings. The summed E-state index contributed by atoms with van der Waals surface area (Å²) in [4.78, 5) is 14.3. The highest BCUT2D eigenvalue weighted by molar-refractivity contribution is 5.55. The normalized spacial score (nSPS) is 10.2. The second kappa shape index (κ2) is 4.93. The number of nitrogen functional groups attached to an aromatic ring is 1. The van der Waals surface area contributed by atoms with Gasteiger partial charge in [-0.3, -0.25) is 10.1 Å². The van der Waals surface area contributed by atoms with E-state index in [0.29, 0.717) is 22.9 Å². The number of nitro benzene ring substituents is 1. The predicted octanol–water partition coefficient (Wildman–Crippen LogP) is 2.98. The van der Waals surface area contributed by atoms with Gasteiger partial charge in [0.1, 0.15) is 5.75 Å². The lowest BCUT2D eigenvalue weighted by Crippen LogP contribution is -1.98. The molecule has 0 aliphatic carbocycles. The van der Waals surface area contributed by atoms with Crippen molar-refractivity contribution in [3.63, 3.8) is 0 Å². The molecule has 1 heterocycles. The highest BCUT2D eigenvalue weighted by Gasteiger charge is 2.12. The van der Waals surface area contributed by atoms with E-state index in [2.05, 4.69) is 4.98 Å². The van der Waals surface area contributed by atoms with E-state index in [9.17, 15) is 10.1 Å². The SMILES string of the molecule is Cc1cc(Oc2nccc(C)c2N)ccc1[N+](=O)[O-]. The Bertz CT molecular complexity index is 641. The van der Waals surface area contributed by atoms with Gasteiger partial charge in [-0.15, -0.1) is 0 Å². The molecule has 6 nitrogen and oxygen atoms in total. The molecule has 0 amide bonds. The molecule has 0 aliphatic heterocycles. The molecule has 0 radical (unpaired) electrons. The van der Waals surface area contributed by atoms with Crippen molar-refractivity contribution in [2.45, 2.75) is 13.8 Å². The molecule has 19 heavy (non-hydrogen) atoms. The first-order valence-corrected chi connectivity index (χ1v) is 5.63. The molecule has 2 aromatic rings. The molecule has 0 atom stereocenters. The van der Waals surface area contributed by atoms with Crippen molar-refractivity contribution in [1.29, 1.82) is 0 Å². The molecule has 2 N–H and O–H groups in total. The number of anilines is 1. The fourth-order valence-electron chi connectivity index (χ4n) is 1.63. The number of hydrogen-bond acceptors (Lipinski definition) is 5. The predicted molar refractivity (Wildman–Crippen MR) is 71.3 cm³/mol. The quantitative estimate of drug-likeness (QED) is 0.675. The lowest BCUT2D eigenvalue weighted by molar-refractivity contribution is -0.385. The van der Waals surface area contributed by atoms with Crippen LogP contribution in [0.3, 0.4) is 0 Å². The first kappa shape index (κ1) is 12.8. The fourth-order valence-corrected chi connectivity index (χ4v) is 1.63. The summed E-state index contributed by atoms with van der Waals surface area (Å²) in [5.74, 6) is 0.765. The number of benzene rings is 1. The molecule has 98 valence electrons. The van der Waals surface area contributed by atoms with Gasteiger partial charge in [0.15, 0.2) is 0 Å². The van der Waals surface area contributed by atoms with E-state index in [4.69, 9.17) is 10.5 Å². The Morgan fingerprint density at radius 1 is 1.26 bits per heavy atom. The second-order valence-corrected chi connectivity index (χ2v) is 4.15. The van der Waals surface area contributed by atoms with Gasteiger partial charge in [-0.05, 0) is 37.6 Å². The van der Waals surface area contributed by atoms with Gasteiger partial charge in [0.25, 0.3) is 5.69 Å². The van der Waals surface area contributed by atoms with E-state index >= 15 is 0 Å². The average molecular weight is 259 g/mol. The van der Waals surface area contributed by atoms with Gasteiger partial charge >= 0.3 is 0 Å². The maximum Gasteiger partial charge on any atom is 0.272 e. The van der Waals surface area contributed by atoms with Crippen LogP contribution in [0.15, 0.2) is 30.5 Å². The highest BCUT2D eigenvalue weighted by Crippen LogP contribution is 2.29. The van der Waals surface area contributed by atoms with Crippen LogP contribution in [-0.2, 0) is 0 Å². The summed E-state index contributed by atoms with van der Waals surface area (Å²) in [6.07, 6.45) is 1.60. The van der Waals surface area contributed by atoms with Crippen molar-refractivity contribution < 1.29 is 9.66 Å². The van der Waals surface area contributed by atoms with Crippen molar-refractivity contribution in [2.24, 2.45) is 0 Å². The number of ether oxygens (including phenoxy) is 1. The smallest absolute Gasteiger partial charge is 0.272 e. The van der Waals surface area contributed by atoms with Crippen LogP contribution in [0.2, 0.25) is 0 Å². The van der Waals surface area contributed by atoms with E-state index in [1.807, 2.05) is 6.92 Å². The molecule has 0 fully saturated rings. The molecule has 2 rings (SSSR count). The number of rotatable bonds is 3. The number of nitrogens with zero attached hydrogens (tertiary/aromatic N) is 2. The van der Waals surface area contributed by atoms with Gasteiger partial charge < -0.3 is 10.5 Å². The zero-order chi connectivity index (χ0) is 14.0. The summed E-state index contributed by atoms with van der Waals surface area (Å²) in [7, 11) is 0. The second-order valence-electron chi connectivity index (χ2n) is 4.15. The lowest BCUT2D eigenvalue weighted by Gasteiger charge is -2.09. The molecule has 0 saturated carbocycles. The van der Waals surface area contributed by atoms with Crippen LogP contribution in [0.5, 0.6) is 11.6 Å². The molecular weight excluding hydrogens is 246 g/mol. The summed E-state index contributed by atoms with van der Waals surface area (Å²) >= 11 is 0. The minimum Gasteiger partial charge on any atom is -0.437 e. The standard InChI is InChI=1S/C13H13N3O3/c1-8-5-6-15-13(12(8)14)19-10-3-4-11(16(17)18)9(2)7-10/h3-7H,14H2,1-2H3. The largest absolute Gasteiger partial charge is 0.437 e. The van der Waals surface area contributed by atoms with Gasteiger partial charge in [0.2, 0.25) is 5.88 Å². The van der Waals surface area contributed by atoms with Crippen LogP contribution in [0.1, 0.15) is 11.1 Å². The molecule has 0 saturated heterocycles. The number of aromatic nitrogens is 1. The molecule has 0 bridgehead atoms. The van der Waals surface area contributed by atoms with Crippen LogP contribution in [0.4, 0.5) is 11.4 Å². The third-order valence-electron chi connectivity index (χ3n) is 2.75. The van der Waals surface area contributed by atoms with E-state index in [-0.39, 0.29) is 5.69 Å². The number of aryl methyl sites for hydroxylation is 2. The summed E-state index contributed by atoms with van der Waals surface area (Å²) in [6, 6.07) is 6.29. The molecule has 6 heteroatoms. The van der Waals surface area contributed by atoms with Gasteiger partial charge in [0, 0.05) is 17.8 Å². The van der Waals surface area contributed by atoms with E-state index in [1.54, 1.807) is 25.3 Å². The van der Waals surface area contributed by atoms with E-state index in [1.165, 1.54) is 12.1 Å². The summed E-state index contributed by atoms with van der Waals surface area (Å²) in [5, 5.41) is 10.7. The van der Waals surface area contributed by atoms with Gasteiger partial charge in [-0.2, -0.15) is 0 Å². The Morgan fingerprint density at radius 3 is 2.63 bits per heavy atom. The molecule has 1 aromatic heterocycles. The first-order valence-electron chi connectivity index (χ1n) is 5.63. The Balaban J connectivity index is 2.32. The Labute approximate surface area is 110 Å². The van der Waals surface area contributed by atoms with E-state index in [0.717, 1.165) is 5.56 Å². The van der Waals surface area contributed by atoms with Crippen molar-refractivity contribution in [3.8, 4) is 11.6 Å². The molecule has 1 aromatic carbocycles. The lowest BCUT2D eigenvalue weighted by atomic mass is 10.2. The first-order chi connectivity index (χ1) is 8.99. The Hall–Kier alpha value is -2.63. The summed E-state index contributed by atoms with van der Waals surface area (Å²) < 4.78 is 5.55.